The van der Waals surface area contributed by atoms with E-state index in [4.69, 9.17) is 0 Å². The third-order valence-corrected chi connectivity index (χ3v) is 2.56. The van der Waals surface area contributed by atoms with E-state index < -0.39 is 0 Å². The number of hydrogen-bond acceptors (Lipinski definition) is 3. The van der Waals surface area contributed by atoms with Crippen LogP contribution in [0.15, 0.2) is 18.5 Å². The second-order valence-corrected chi connectivity index (χ2v) is 4.20. The highest BCUT2D eigenvalue weighted by Gasteiger charge is 1.93. The largest absolute Gasteiger partial charge is 0.335 e. The van der Waals surface area contributed by atoms with Crippen LogP contribution < -0.4 is 0 Å². The first-order chi connectivity index (χ1) is 6.70. The third kappa shape index (κ3) is 3.79. The number of thioether (sulfide) groups is 1. The molecule has 0 aliphatic carbocycles. The van der Waals surface area contributed by atoms with Gasteiger partial charge in [-0.2, -0.15) is 0 Å². The van der Waals surface area contributed by atoms with E-state index in [0.717, 1.165) is 18.0 Å². The van der Waals surface area contributed by atoms with E-state index in [1.165, 1.54) is 11.8 Å². The van der Waals surface area contributed by atoms with Crippen LogP contribution in [0.2, 0.25) is 0 Å². The van der Waals surface area contributed by atoms with Gasteiger partial charge in [0.25, 0.3) is 0 Å². The summed E-state index contributed by atoms with van der Waals surface area (Å²) in [4.78, 5) is 14.8. The second-order valence-electron chi connectivity index (χ2n) is 2.93. The molecule has 0 fully saturated rings. The van der Waals surface area contributed by atoms with Crippen molar-refractivity contribution in [2.75, 3.05) is 5.75 Å². The minimum absolute atomic E-state index is 0.176. The number of rotatable bonds is 4. The molecule has 0 spiro atoms. The first-order valence-corrected chi connectivity index (χ1v) is 5.46. The molecule has 0 aromatic carbocycles. The molecule has 4 heteroatoms. The van der Waals surface area contributed by atoms with Gasteiger partial charge in [0.05, 0.1) is 0 Å². The molecule has 0 unspecified atom stereocenters. The van der Waals surface area contributed by atoms with Gasteiger partial charge in [-0.3, -0.25) is 4.79 Å². The van der Waals surface area contributed by atoms with Crippen molar-refractivity contribution in [3.05, 3.63) is 24.3 Å². The zero-order chi connectivity index (χ0) is 10.4. The molecule has 0 saturated carbocycles. The van der Waals surface area contributed by atoms with Crippen molar-refractivity contribution in [2.24, 2.45) is 7.05 Å². The number of allylic oxidation sites excluding steroid dienone is 1. The summed E-state index contributed by atoms with van der Waals surface area (Å²) in [5.41, 5.74) is 0. The number of hydrogen-bond donors (Lipinski definition) is 0. The van der Waals surface area contributed by atoms with Gasteiger partial charge in [0.1, 0.15) is 5.82 Å². The van der Waals surface area contributed by atoms with Gasteiger partial charge in [-0.25, -0.2) is 4.98 Å². The van der Waals surface area contributed by atoms with E-state index >= 15 is 0 Å². The summed E-state index contributed by atoms with van der Waals surface area (Å²) in [5, 5.41) is 0.176. The van der Waals surface area contributed by atoms with E-state index in [2.05, 4.69) is 4.98 Å². The van der Waals surface area contributed by atoms with Crippen LogP contribution >= 0.6 is 11.8 Å². The van der Waals surface area contributed by atoms with Gasteiger partial charge in [0.15, 0.2) is 5.12 Å². The first kappa shape index (κ1) is 11.0. The zero-order valence-electron chi connectivity index (χ0n) is 8.43. The summed E-state index contributed by atoms with van der Waals surface area (Å²) < 4.78 is 1.95. The van der Waals surface area contributed by atoms with Gasteiger partial charge in [0, 0.05) is 32.1 Å². The average Bonchev–Trinajstić information content (AvgIpc) is 2.51. The van der Waals surface area contributed by atoms with Crippen LogP contribution in [0, 0.1) is 0 Å². The lowest BCUT2D eigenvalue weighted by atomic mass is 10.4. The molecule has 0 aliphatic heterocycles. The molecule has 1 aromatic rings. The van der Waals surface area contributed by atoms with E-state index in [1.807, 2.05) is 30.0 Å². The highest BCUT2D eigenvalue weighted by molar-refractivity contribution is 8.13. The lowest BCUT2D eigenvalue weighted by Gasteiger charge is -1.94. The Labute approximate surface area is 88.2 Å². The Morgan fingerprint density at radius 3 is 3.07 bits per heavy atom. The SMILES string of the molecule is CC(=O)SCCC=Cc1nccn1C. The van der Waals surface area contributed by atoms with E-state index in [9.17, 15) is 4.79 Å². The van der Waals surface area contributed by atoms with Crippen molar-refractivity contribution < 1.29 is 4.79 Å². The molecule has 14 heavy (non-hydrogen) atoms. The summed E-state index contributed by atoms with van der Waals surface area (Å²) in [6, 6.07) is 0. The fourth-order valence-corrected chi connectivity index (χ4v) is 1.54. The maximum atomic E-state index is 10.6. The first-order valence-electron chi connectivity index (χ1n) is 4.47. The molecule has 3 nitrogen and oxygen atoms in total. The Morgan fingerprint density at radius 2 is 2.50 bits per heavy atom. The summed E-state index contributed by atoms with van der Waals surface area (Å²) in [5.74, 6) is 1.79. The van der Waals surface area contributed by atoms with E-state index in [1.54, 1.807) is 13.1 Å². The molecule has 0 amide bonds. The van der Waals surface area contributed by atoms with Crippen LogP contribution in [0.25, 0.3) is 6.08 Å². The number of carbonyl (C=O) groups excluding carboxylic acids is 1. The normalized spacial score (nSPS) is 11.0. The van der Waals surface area contributed by atoms with Crippen LogP contribution in [-0.2, 0) is 11.8 Å². The van der Waals surface area contributed by atoms with Crippen molar-refractivity contribution in [2.45, 2.75) is 13.3 Å². The highest BCUT2D eigenvalue weighted by Crippen LogP contribution is 2.05. The van der Waals surface area contributed by atoms with Crippen LogP contribution in [0.1, 0.15) is 19.2 Å². The molecule has 0 saturated heterocycles. The smallest absolute Gasteiger partial charge is 0.185 e. The molecule has 0 atom stereocenters. The predicted octanol–water partition coefficient (Wildman–Crippen LogP) is 2.10. The fourth-order valence-electron chi connectivity index (χ4n) is 0.997. The van der Waals surface area contributed by atoms with Crippen LogP contribution in [0.4, 0.5) is 0 Å². The average molecular weight is 210 g/mol. The molecule has 1 rings (SSSR count). The Kier molecular flexibility index (Phi) is 4.46. The zero-order valence-corrected chi connectivity index (χ0v) is 9.25. The molecule has 1 heterocycles. The second kappa shape index (κ2) is 5.65. The van der Waals surface area contributed by atoms with Crippen LogP contribution in [0.3, 0.4) is 0 Å². The Balaban J connectivity index is 2.28. The van der Waals surface area contributed by atoms with Crippen LogP contribution in [-0.4, -0.2) is 20.4 Å². The topological polar surface area (TPSA) is 34.9 Å². The Hall–Kier alpha value is -1.03. The minimum Gasteiger partial charge on any atom is -0.335 e. The number of nitrogens with zero attached hydrogens (tertiary/aromatic N) is 2. The van der Waals surface area contributed by atoms with Crippen molar-refractivity contribution in [3.63, 3.8) is 0 Å². The fraction of sp³-hybridized carbons (Fsp3) is 0.400. The third-order valence-electron chi connectivity index (χ3n) is 1.72. The van der Waals surface area contributed by atoms with Gasteiger partial charge in [-0.05, 0) is 12.5 Å². The number of aromatic nitrogens is 2. The van der Waals surface area contributed by atoms with Crippen molar-refractivity contribution in [3.8, 4) is 0 Å². The van der Waals surface area contributed by atoms with Crippen molar-refractivity contribution in [1.29, 1.82) is 0 Å². The summed E-state index contributed by atoms with van der Waals surface area (Å²) >= 11 is 1.36. The van der Waals surface area contributed by atoms with E-state index in [-0.39, 0.29) is 5.12 Å². The molecular weight excluding hydrogens is 196 g/mol. The van der Waals surface area contributed by atoms with Crippen molar-refractivity contribution >= 4 is 23.0 Å². The minimum atomic E-state index is 0.176. The van der Waals surface area contributed by atoms with Gasteiger partial charge < -0.3 is 4.57 Å². The predicted molar refractivity (Wildman–Crippen MR) is 60.0 cm³/mol. The molecule has 0 aliphatic rings. The molecule has 76 valence electrons. The summed E-state index contributed by atoms with van der Waals surface area (Å²) in [6.07, 6.45) is 8.59. The molecule has 0 bridgehead atoms. The number of imidazole rings is 1. The molecule has 0 N–H and O–H groups in total. The van der Waals surface area contributed by atoms with Gasteiger partial charge in [-0.15, -0.1) is 0 Å². The number of aryl methyl sites for hydroxylation is 1. The standard InChI is InChI=1S/C10H14N2OS/c1-9(13)14-8-4-3-5-10-11-6-7-12(10)2/h3,5-7H,4,8H2,1-2H3. The monoisotopic (exact) mass is 210 g/mol. The van der Waals surface area contributed by atoms with Crippen LogP contribution in [0.5, 0.6) is 0 Å². The molecular formula is C10H14N2OS. The molecule has 0 radical (unpaired) electrons. The van der Waals surface area contributed by atoms with Gasteiger partial charge in [-0.1, -0.05) is 17.8 Å². The summed E-state index contributed by atoms with van der Waals surface area (Å²) in [7, 11) is 1.96. The summed E-state index contributed by atoms with van der Waals surface area (Å²) in [6.45, 7) is 1.59. The number of carbonyl (C=O) groups is 1. The van der Waals surface area contributed by atoms with Crippen molar-refractivity contribution in [1.82, 2.24) is 9.55 Å². The highest BCUT2D eigenvalue weighted by atomic mass is 32.2. The van der Waals surface area contributed by atoms with E-state index in [0.29, 0.717) is 0 Å². The quantitative estimate of drug-likeness (QED) is 0.714. The lowest BCUT2D eigenvalue weighted by molar-refractivity contribution is -0.109. The van der Waals surface area contributed by atoms with Gasteiger partial charge >= 0.3 is 0 Å². The lowest BCUT2D eigenvalue weighted by Crippen LogP contribution is -1.89. The van der Waals surface area contributed by atoms with Gasteiger partial charge in [0.2, 0.25) is 0 Å². The molecule has 1 aromatic heterocycles. The Bertz CT molecular complexity index is 331. The Morgan fingerprint density at radius 1 is 1.71 bits per heavy atom. The maximum absolute atomic E-state index is 10.6. The maximum Gasteiger partial charge on any atom is 0.185 e.